The van der Waals surface area contributed by atoms with Gasteiger partial charge in [0.25, 0.3) is 0 Å². The Hall–Kier alpha value is -1.62. The lowest BCUT2D eigenvalue weighted by atomic mass is 9.99. The van der Waals surface area contributed by atoms with Gasteiger partial charge < -0.3 is 24.8 Å². The summed E-state index contributed by atoms with van der Waals surface area (Å²) < 4.78 is 4.94. The summed E-state index contributed by atoms with van der Waals surface area (Å²) in [5, 5.41) is 3.46. The summed E-state index contributed by atoms with van der Waals surface area (Å²) in [4.78, 5) is 27.9. The lowest BCUT2D eigenvalue weighted by Gasteiger charge is -2.34. The largest absolute Gasteiger partial charge is 0.469 e. The predicted molar refractivity (Wildman–Crippen MR) is 126 cm³/mol. The Kier molecular flexibility index (Phi) is 8.94. The van der Waals surface area contributed by atoms with E-state index in [0.717, 1.165) is 50.1 Å². The summed E-state index contributed by atoms with van der Waals surface area (Å²) in [6, 6.07) is 4.09. The summed E-state index contributed by atoms with van der Waals surface area (Å²) in [5.74, 6) is 1.84. The Morgan fingerprint density at radius 1 is 1.31 bits per heavy atom. The molecule has 3 heterocycles. The molecule has 0 spiro atoms. The molecule has 0 amide bonds. The number of aromatic nitrogens is 1. The monoisotopic (exact) mass is 516 g/mol. The van der Waals surface area contributed by atoms with Crippen LogP contribution in [-0.4, -0.2) is 87.2 Å². The average Bonchev–Trinajstić information content (AvgIpc) is 3.10. The molecule has 2 saturated heterocycles. The first kappa shape index (κ1) is 23.7. The maximum Gasteiger partial charge on any atom is 0.310 e. The highest BCUT2D eigenvalue weighted by Gasteiger charge is 2.36. The molecule has 2 aliphatic rings. The summed E-state index contributed by atoms with van der Waals surface area (Å²) >= 11 is 0. The van der Waals surface area contributed by atoms with Crippen molar-refractivity contribution in [2.24, 2.45) is 16.8 Å². The first-order valence-corrected chi connectivity index (χ1v) is 9.94. The van der Waals surface area contributed by atoms with E-state index in [0.29, 0.717) is 13.1 Å². The van der Waals surface area contributed by atoms with Crippen molar-refractivity contribution in [3.63, 3.8) is 0 Å². The van der Waals surface area contributed by atoms with Gasteiger partial charge in [-0.3, -0.25) is 9.79 Å². The lowest BCUT2D eigenvalue weighted by Crippen LogP contribution is -2.45. The topological polar surface area (TPSA) is 73.3 Å². The van der Waals surface area contributed by atoms with E-state index in [4.69, 9.17) is 4.74 Å². The Labute approximate surface area is 190 Å². The van der Waals surface area contributed by atoms with Gasteiger partial charge in [0.05, 0.1) is 13.0 Å². The number of piperazine rings is 1. The van der Waals surface area contributed by atoms with Crippen molar-refractivity contribution in [3.8, 4) is 0 Å². The number of hydrogen-bond donors (Lipinski definition) is 1. The lowest BCUT2D eigenvalue weighted by molar-refractivity contribution is -0.145. The summed E-state index contributed by atoms with van der Waals surface area (Å²) in [7, 11) is 5.39. The van der Waals surface area contributed by atoms with Crippen LogP contribution in [0.2, 0.25) is 0 Å². The highest BCUT2D eigenvalue weighted by Crippen LogP contribution is 2.24. The molecule has 8 nitrogen and oxygen atoms in total. The van der Waals surface area contributed by atoms with Crippen molar-refractivity contribution in [1.82, 2.24) is 20.1 Å². The van der Waals surface area contributed by atoms with Crippen molar-refractivity contribution in [1.29, 1.82) is 0 Å². The van der Waals surface area contributed by atoms with E-state index in [-0.39, 0.29) is 41.8 Å². The molecule has 2 unspecified atom stereocenters. The fourth-order valence-corrected chi connectivity index (χ4v) is 3.98. The minimum Gasteiger partial charge on any atom is -0.469 e. The molecule has 2 fully saturated rings. The zero-order valence-electron chi connectivity index (χ0n) is 17.8. The maximum atomic E-state index is 12.0. The van der Waals surface area contributed by atoms with Crippen LogP contribution in [0, 0.1) is 11.8 Å². The van der Waals surface area contributed by atoms with E-state index in [1.165, 1.54) is 7.11 Å². The van der Waals surface area contributed by atoms with E-state index >= 15 is 0 Å². The van der Waals surface area contributed by atoms with Gasteiger partial charge in [0.1, 0.15) is 5.82 Å². The van der Waals surface area contributed by atoms with E-state index in [2.05, 4.69) is 50.0 Å². The number of guanidine groups is 1. The standard InChI is InChI=1S/C20H32N6O2.HI/c1-15-13-26(14-17(15)19(27)28-4)20(21-2)23-12-16-6-5-7-22-18(16)25-10-8-24(3)9-11-25;/h5-7,15,17H,8-14H2,1-4H3,(H,21,23);1H. The van der Waals surface area contributed by atoms with E-state index in [1.807, 2.05) is 12.3 Å². The highest BCUT2D eigenvalue weighted by atomic mass is 127. The van der Waals surface area contributed by atoms with E-state index < -0.39 is 0 Å². The molecule has 0 aromatic carbocycles. The van der Waals surface area contributed by atoms with Crippen molar-refractivity contribution < 1.29 is 9.53 Å². The van der Waals surface area contributed by atoms with Crippen molar-refractivity contribution >= 4 is 41.7 Å². The van der Waals surface area contributed by atoms with Gasteiger partial charge in [0.2, 0.25) is 0 Å². The van der Waals surface area contributed by atoms with Gasteiger partial charge in [-0.15, -0.1) is 24.0 Å². The van der Waals surface area contributed by atoms with Crippen LogP contribution in [0.5, 0.6) is 0 Å². The number of aliphatic imine (C=N–C) groups is 1. The number of likely N-dealkylation sites (N-methyl/N-ethyl adjacent to an activating group) is 1. The number of halogens is 1. The zero-order chi connectivity index (χ0) is 20.1. The molecular formula is C20H33IN6O2. The SMILES string of the molecule is CN=C(NCc1cccnc1N1CCN(C)CC1)N1CC(C)C(C(=O)OC)C1.I. The number of pyridine rings is 1. The second kappa shape index (κ2) is 11.0. The van der Waals surface area contributed by atoms with Gasteiger partial charge in [0, 0.05) is 64.6 Å². The predicted octanol–water partition coefficient (Wildman–Crippen LogP) is 1.27. The molecule has 0 aliphatic carbocycles. The summed E-state index contributed by atoms with van der Waals surface area (Å²) in [6.07, 6.45) is 1.86. The number of carbonyl (C=O) groups excluding carboxylic acids is 1. The molecule has 0 radical (unpaired) electrons. The molecule has 2 atom stereocenters. The van der Waals surface area contributed by atoms with Gasteiger partial charge >= 0.3 is 5.97 Å². The number of ether oxygens (including phenoxy) is 1. The summed E-state index contributed by atoms with van der Waals surface area (Å²) in [5.41, 5.74) is 1.16. The van der Waals surface area contributed by atoms with Crippen LogP contribution in [-0.2, 0) is 16.1 Å². The molecule has 1 N–H and O–H groups in total. The van der Waals surface area contributed by atoms with Crippen molar-refractivity contribution in [2.75, 3.05) is 65.4 Å². The number of carbonyl (C=O) groups is 1. The van der Waals surface area contributed by atoms with Crippen molar-refractivity contribution in [3.05, 3.63) is 23.9 Å². The van der Waals surface area contributed by atoms with Crippen LogP contribution in [0.4, 0.5) is 5.82 Å². The first-order chi connectivity index (χ1) is 13.5. The second-order valence-electron chi connectivity index (χ2n) is 7.69. The van der Waals surface area contributed by atoms with E-state index in [1.54, 1.807) is 7.05 Å². The molecule has 3 rings (SSSR count). The normalized spacial score (nSPS) is 23.0. The number of methoxy groups -OCH3 is 1. The summed E-state index contributed by atoms with van der Waals surface area (Å²) in [6.45, 7) is 8.22. The van der Waals surface area contributed by atoms with Crippen LogP contribution >= 0.6 is 24.0 Å². The van der Waals surface area contributed by atoms with Gasteiger partial charge in [-0.2, -0.15) is 0 Å². The van der Waals surface area contributed by atoms with Gasteiger partial charge in [-0.05, 0) is 19.0 Å². The number of hydrogen-bond acceptors (Lipinski definition) is 6. The molecule has 0 bridgehead atoms. The van der Waals surface area contributed by atoms with Gasteiger partial charge in [-0.1, -0.05) is 13.0 Å². The van der Waals surface area contributed by atoms with Crippen molar-refractivity contribution in [2.45, 2.75) is 13.5 Å². The Balaban J connectivity index is 0.00000300. The van der Waals surface area contributed by atoms with Crippen LogP contribution in [0.25, 0.3) is 0 Å². The zero-order valence-corrected chi connectivity index (χ0v) is 20.1. The van der Waals surface area contributed by atoms with Crippen LogP contribution in [0.15, 0.2) is 23.3 Å². The molecule has 1 aromatic rings. The molecule has 162 valence electrons. The third-order valence-electron chi connectivity index (χ3n) is 5.73. The maximum absolute atomic E-state index is 12.0. The molecule has 2 aliphatic heterocycles. The van der Waals surface area contributed by atoms with E-state index in [9.17, 15) is 4.79 Å². The van der Waals surface area contributed by atoms with Gasteiger partial charge in [0.15, 0.2) is 5.96 Å². The fourth-order valence-electron chi connectivity index (χ4n) is 3.98. The fraction of sp³-hybridized carbons (Fsp3) is 0.650. The second-order valence-corrected chi connectivity index (χ2v) is 7.69. The minimum absolute atomic E-state index is 0. The van der Waals surface area contributed by atoms with Crippen LogP contribution in [0.3, 0.4) is 0 Å². The molecule has 29 heavy (non-hydrogen) atoms. The van der Waals surface area contributed by atoms with Gasteiger partial charge in [-0.25, -0.2) is 4.98 Å². The number of nitrogens with zero attached hydrogens (tertiary/aromatic N) is 5. The smallest absolute Gasteiger partial charge is 0.310 e. The highest BCUT2D eigenvalue weighted by molar-refractivity contribution is 14.0. The number of esters is 1. The quantitative estimate of drug-likeness (QED) is 0.280. The third-order valence-corrected chi connectivity index (χ3v) is 5.73. The molecule has 9 heteroatoms. The Morgan fingerprint density at radius 3 is 2.69 bits per heavy atom. The van der Waals surface area contributed by atoms with Crippen LogP contribution in [0.1, 0.15) is 12.5 Å². The van der Waals surface area contributed by atoms with Crippen LogP contribution < -0.4 is 10.2 Å². The molecular weight excluding hydrogens is 483 g/mol. The number of rotatable bonds is 4. The number of anilines is 1. The average molecular weight is 516 g/mol. The Morgan fingerprint density at radius 2 is 2.03 bits per heavy atom. The first-order valence-electron chi connectivity index (χ1n) is 9.94. The third kappa shape index (κ3) is 5.71. The molecule has 0 saturated carbocycles. The molecule has 1 aromatic heterocycles. The number of likely N-dealkylation sites (tertiary alicyclic amines) is 1. The number of nitrogens with one attached hydrogen (secondary N) is 1. The minimum atomic E-state index is -0.143. The Bertz CT molecular complexity index is 708.